The fourth-order valence-electron chi connectivity index (χ4n) is 2.37. The Kier molecular flexibility index (Phi) is 3.94. The zero-order valence-corrected chi connectivity index (χ0v) is 12.3. The van der Waals surface area contributed by atoms with Gasteiger partial charge in [-0.25, -0.2) is 17.7 Å². The van der Waals surface area contributed by atoms with Gasteiger partial charge in [0.2, 0.25) is 10.0 Å². The molecule has 2 aromatic rings. The summed E-state index contributed by atoms with van der Waals surface area (Å²) in [6.07, 6.45) is 3.38. The van der Waals surface area contributed by atoms with Crippen molar-refractivity contribution in [3.8, 4) is 11.3 Å². The lowest BCUT2D eigenvalue weighted by Gasteiger charge is -2.14. The SMILES string of the molecule is O=S(=O)(Cc1nncc(-c2ccccc2)n1)N1CCCC1. The molecule has 0 aliphatic carbocycles. The van der Waals surface area contributed by atoms with E-state index >= 15 is 0 Å². The van der Waals surface area contributed by atoms with Crippen molar-refractivity contribution in [2.75, 3.05) is 13.1 Å². The first-order valence-electron chi connectivity index (χ1n) is 6.87. The van der Waals surface area contributed by atoms with Crippen molar-refractivity contribution in [1.82, 2.24) is 19.5 Å². The van der Waals surface area contributed by atoms with Crippen molar-refractivity contribution in [1.29, 1.82) is 0 Å². The van der Waals surface area contributed by atoms with Crippen LogP contribution in [0.3, 0.4) is 0 Å². The predicted octanol–water partition coefficient (Wildman–Crippen LogP) is 1.46. The van der Waals surface area contributed by atoms with Crippen LogP contribution in [0.5, 0.6) is 0 Å². The van der Waals surface area contributed by atoms with Gasteiger partial charge < -0.3 is 0 Å². The normalized spacial score (nSPS) is 16.2. The van der Waals surface area contributed by atoms with Crippen molar-refractivity contribution in [2.45, 2.75) is 18.6 Å². The fourth-order valence-corrected chi connectivity index (χ4v) is 3.82. The second-order valence-corrected chi connectivity index (χ2v) is 6.96. The van der Waals surface area contributed by atoms with Gasteiger partial charge in [0.05, 0.1) is 11.9 Å². The number of nitrogens with zero attached hydrogens (tertiary/aromatic N) is 4. The molecule has 0 saturated carbocycles. The molecule has 0 amide bonds. The van der Waals surface area contributed by atoms with Gasteiger partial charge in [0.25, 0.3) is 0 Å². The second kappa shape index (κ2) is 5.87. The van der Waals surface area contributed by atoms with E-state index in [1.165, 1.54) is 4.31 Å². The summed E-state index contributed by atoms with van der Waals surface area (Å²) in [7, 11) is -3.34. The summed E-state index contributed by atoms with van der Waals surface area (Å²) in [6.45, 7) is 1.18. The summed E-state index contributed by atoms with van der Waals surface area (Å²) in [5.41, 5.74) is 1.53. The van der Waals surface area contributed by atoms with Gasteiger partial charge in [0, 0.05) is 18.7 Å². The topological polar surface area (TPSA) is 76.0 Å². The molecular weight excluding hydrogens is 288 g/mol. The minimum absolute atomic E-state index is 0.194. The van der Waals surface area contributed by atoms with Gasteiger partial charge in [-0.3, -0.25) is 0 Å². The predicted molar refractivity (Wildman–Crippen MR) is 78.7 cm³/mol. The second-order valence-electron chi connectivity index (χ2n) is 4.99. The number of rotatable bonds is 4. The van der Waals surface area contributed by atoms with Gasteiger partial charge in [0.1, 0.15) is 5.75 Å². The first kappa shape index (κ1) is 14.1. The molecule has 1 aliphatic heterocycles. The van der Waals surface area contributed by atoms with E-state index in [0.29, 0.717) is 18.8 Å². The van der Waals surface area contributed by atoms with Crippen LogP contribution in [0, 0.1) is 0 Å². The maximum atomic E-state index is 12.3. The highest BCUT2D eigenvalue weighted by Crippen LogP contribution is 2.18. The molecule has 110 valence electrons. The molecule has 0 unspecified atom stereocenters. The average Bonchev–Trinajstić information content (AvgIpc) is 3.03. The van der Waals surface area contributed by atoms with E-state index in [1.807, 2.05) is 30.3 Å². The van der Waals surface area contributed by atoms with Gasteiger partial charge in [-0.05, 0) is 12.8 Å². The van der Waals surface area contributed by atoms with Crippen LogP contribution in [0.1, 0.15) is 18.7 Å². The van der Waals surface area contributed by atoms with E-state index in [-0.39, 0.29) is 11.6 Å². The molecular formula is C14H16N4O2S. The van der Waals surface area contributed by atoms with Crippen molar-refractivity contribution in [3.63, 3.8) is 0 Å². The zero-order chi connectivity index (χ0) is 14.7. The minimum Gasteiger partial charge on any atom is -0.228 e. The van der Waals surface area contributed by atoms with Gasteiger partial charge >= 0.3 is 0 Å². The van der Waals surface area contributed by atoms with E-state index in [4.69, 9.17) is 0 Å². The molecule has 3 rings (SSSR count). The highest BCUT2D eigenvalue weighted by atomic mass is 32.2. The molecule has 0 atom stereocenters. The molecule has 0 bridgehead atoms. The molecule has 21 heavy (non-hydrogen) atoms. The van der Waals surface area contributed by atoms with Gasteiger partial charge in [-0.15, -0.1) is 5.10 Å². The maximum Gasteiger partial charge on any atom is 0.221 e. The minimum atomic E-state index is -3.34. The Morgan fingerprint density at radius 3 is 2.52 bits per heavy atom. The van der Waals surface area contributed by atoms with E-state index in [2.05, 4.69) is 15.2 Å². The third kappa shape index (κ3) is 3.25. The molecule has 7 heteroatoms. The summed E-state index contributed by atoms with van der Waals surface area (Å²) < 4.78 is 26.0. The summed E-state index contributed by atoms with van der Waals surface area (Å²) in [5.74, 6) is 0.0453. The van der Waals surface area contributed by atoms with Crippen molar-refractivity contribution < 1.29 is 8.42 Å². The molecule has 0 radical (unpaired) electrons. The van der Waals surface area contributed by atoms with Gasteiger partial charge in [-0.2, -0.15) is 5.10 Å². The van der Waals surface area contributed by atoms with Crippen LogP contribution in [-0.2, 0) is 15.8 Å². The van der Waals surface area contributed by atoms with Crippen LogP contribution in [0.2, 0.25) is 0 Å². The van der Waals surface area contributed by atoms with E-state index in [0.717, 1.165) is 18.4 Å². The van der Waals surface area contributed by atoms with Gasteiger partial charge in [0.15, 0.2) is 5.82 Å². The smallest absolute Gasteiger partial charge is 0.221 e. The number of sulfonamides is 1. The molecule has 1 aliphatic rings. The van der Waals surface area contributed by atoms with Gasteiger partial charge in [-0.1, -0.05) is 30.3 Å². The summed E-state index contributed by atoms with van der Waals surface area (Å²) >= 11 is 0. The lowest BCUT2D eigenvalue weighted by molar-refractivity contribution is 0.475. The van der Waals surface area contributed by atoms with Crippen LogP contribution in [-0.4, -0.2) is 41.0 Å². The first-order chi connectivity index (χ1) is 10.1. The van der Waals surface area contributed by atoms with Crippen LogP contribution in [0.15, 0.2) is 36.5 Å². The third-order valence-corrected chi connectivity index (χ3v) is 5.22. The standard InChI is InChI=1S/C14H16N4O2S/c19-21(20,18-8-4-5-9-18)11-14-16-13(10-15-17-14)12-6-2-1-3-7-12/h1-3,6-7,10H,4-5,8-9,11H2. The van der Waals surface area contributed by atoms with E-state index in [1.54, 1.807) is 6.20 Å². The Hall–Kier alpha value is -1.86. The van der Waals surface area contributed by atoms with Crippen LogP contribution >= 0.6 is 0 Å². The molecule has 1 fully saturated rings. The summed E-state index contributed by atoms with van der Waals surface area (Å²) in [4.78, 5) is 4.32. The average molecular weight is 304 g/mol. The largest absolute Gasteiger partial charge is 0.228 e. The molecule has 0 N–H and O–H groups in total. The Bertz CT molecular complexity index is 713. The number of hydrogen-bond acceptors (Lipinski definition) is 5. The maximum absolute atomic E-state index is 12.3. The molecule has 1 saturated heterocycles. The monoisotopic (exact) mass is 304 g/mol. The summed E-state index contributed by atoms with van der Waals surface area (Å²) in [5, 5.41) is 7.73. The van der Waals surface area contributed by atoms with E-state index < -0.39 is 10.0 Å². The Morgan fingerprint density at radius 2 is 1.81 bits per heavy atom. The Balaban J connectivity index is 1.84. The lowest BCUT2D eigenvalue weighted by atomic mass is 10.2. The molecule has 2 heterocycles. The lowest BCUT2D eigenvalue weighted by Crippen LogP contribution is -2.29. The Labute approximate surface area is 123 Å². The number of benzene rings is 1. The molecule has 0 spiro atoms. The van der Waals surface area contributed by atoms with Crippen LogP contribution in [0.4, 0.5) is 0 Å². The first-order valence-corrected chi connectivity index (χ1v) is 8.48. The summed E-state index contributed by atoms with van der Waals surface area (Å²) in [6, 6.07) is 9.53. The van der Waals surface area contributed by atoms with E-state index in [9.17, 15) is 8.42 Å². The van der Waals surface area contributed by atoms with Crippen molar-refractivity contribution in [3.05, 3.63) is 42.4 Å². The molecule has 1 aromatic carbocycles. The highest BCUT2D eigenvalue weighted by molar-refractivity contribution is 7.88. The van der Waals surface area contributed by atoms with Crippen LogP contribution < -0.4 is 0 Å². The number of hydrogen-bond donors (Lipinski definition) is 0. The fraction of sp³-hybridized carbons (Fsp3) is 0.357. The zero-order valence-electron chi connectivity index (χ0n) is 11.5. The number of aromatic nitrogens is 3. The quantitative estimate of drug-likeness (QED) is 0.855. The molecule has 1 aromatic heterocycles. The third-order valence-electron chi connectivity index (χ3n) is 3.44. The highest BCUT2D eigenvalue weighted by Gasteiger charge is 2.26. The van der Waals surface area contributed by atoms with Crippen molar-refractivity contribution >= 4 is 10.0 Å². The Morgan fingerprint density at radius 1 is 1.10 bits per heavy atom. The van der Waals surface area contributed by atoms with Crippen LogP contribution in [0.25, 0.3) is 11.3 Å². The van der Waals surface area contributed by atoms with Crippen molar-refractivity contribution in [2.24, 2.45) is 0 Å². The molecule has 6 nitrogen and oxygen atoms in total.